The third-order valence-electron chi connectivity index (χ3n) is 3.72. The van der Waals surface area contributed by atoms with Crippen LogP contribution in [0.3, 0.4) is 0 Å². The van der Waals surface area contributed by atoms with Crippen LogP contribution in [-0.2, 0) is 9.53 Å². The average Bonchev–Trinajstić information content (AvgIpc) is 2.89. The number of carbonyl (C=O) groups excluding carboxylic acids is 1. The lowest BCUT2D eigenvalue weighted by atomic mass is 10.0. The zero-order chi connectivity index (χ0) is 11.2. The highest BCUT2D eigenvalue weighted by Crippen LogP contribution is 2.26. The van der Waals surface area contributed by atoms with Crippen LogP contribution in [-0.4, -0.2) is 12.4 Å². The number of ether oxygens (including phenoxy) is 1. The molecule has 1 unspecified atom stereocenters. The van der Waals surface area contributed by atoms with Gasteiger partial charge in [0.25, 0.3) is 0 Å². The third-order valence-corrected chi connectivity index (χ3v) is 3.72. The smallest absolute Gasteiger partial charge is 0.133 e. The normalized spacial score (nSPS) is 25.1. The molecule has 2 fully saturated rings. The Morgan fingerprint density at radius 2 is 2.06 bits per heavy atom. The van der Waals surface area contributed by atoms with Crippen LogP contribution in [0.4, 0.5) is 0 Å². The van der Waals surface area contributed by atoms with E-state index >= 15 is 0 Å². The molecule has 2 aliphatic carbocycles. The van der Waals surface area contributed by atoms with Gasteiger partial charge in [0.2, 0.25) is 0 Å². The van der Waals surface area contributed by atoms with Gasteiger partial charge in [-0.25, -0.2) is 0 Å². The van der Waals surface area contributed by atoms with Crippen molar-refractivity contribution in [3.63, 3.8) is 0 Å². The van der Waals surface area contributed by atoms with Gasteiger partial charge in [0.1, 0.15) is 5.78 Å². The largest absolute Gasteiger partial charge is 0.501 e. The molecule has 2 nitrogen and oxygen atoms in total. The van der Waals surface area contributed by atoms with Gasteiger partial charge >= 0.3 is 0 Å². The molecule has 0 saturated heterocycles. The van der Waals surface area contributed by atoms with Gasteiger partial charge in [0.05, 0.1) is 12.9 Å². The molecule has 0 radical (unpaired) electrons. The highest BCUT2D eigenvalue weighted by atomic mass is 16.5. The Balaban J connectivity index is 1.51. The number of allylic oxidation sites excluding steroid dienone is 1. The molecule has 1 atom stereocenters. The summed E-state index contributed by atoms with van der Waals surface area (Å²) in [7, 11) is 0. The molecule has 2 aliphatic rings. The molecule has 16 heavy (non-hydrogen) atoms. The molecule has 0 amide bonds. The Kier molecular flexibility index (Phi) is 4.44. The van der Waals surface area contributed by atoms with Gasteiger partial charge in [-0.3, -0.25) is 4.79 Å². The number of hydrogen-bond donors (Lipinski definition) is 0. The Labute approximate surface area is 98.1 Å². The minimum absolute atomic E-state index is 0.457. The van der Waals surface area contributed by atoms with Gasteiger partial charge in [-0.2, -0.15) is 0 Å². The monoisotopic (exact) mass is 222 g/mol. The van der Waals surface area contributed by atoms with Crippen LogP contribution in [0.15, 0.2) is 11.8 Å². The van der Waals surface area contributed by atoms with E-state index in [9.17, 15) is 4.79 Å². The SMILES string of the molecule is O=C1CCC(CCCOC=C2CCCC2)C1. The van der Waals surface area contributed by atoms with Gasteiger partial charge in [0.15, 0.2) is 0 Å². The number of Topliss-reactive ketones (excluding diaryl/α,β-unsaturated/α-hetero) is 1. The van der Waals surface area contributed by atoms with E-state index < -0.39 is 0 Å². The fourth-order valence-corrected chi connectivity index (χ4v) is 2.72. The molecule has 0 aliphatic heterocycles. The van der Waals surface area contributed by atoms with Crippen LogP contribution in [0.1, 0.15) is 57.8 Å². The fourth-order valence-electron chi connectivity index (χ4n) is 2.72. The minimum Gasteiger partial charge on any atom is -0.501 e. The van der Waals surface area contributed by atoms with Crippen LogP contribution in [0.2, 0.25) is 0 Å². The fraction of sp³-hybridized carbons (Fsp3) is 0.786. The van der Waals surface area contributed by atoms with Gasteiger partial charge in [0, 0.05) is 12.8 Å². The zero-order valence-corrected chi connectivity index (χ0v) is 10.0. The number of carbonyl (C=O) groups is 1. The van der Waals surface area contributed by atoms with E-state index in [1.807, 2.05) is 6.26 Å². The summed E-state index contributed by atoms with van der Waals surface area (Å²) in [6, 6.07) is 0. The second-order valence-electron chi connectivity index (χ2n) is 5.14. The van der Waals surface area contributed by atoms with Gasteiger partial charge in [-0.15, -0.1) is 0 Å². The summed E-state index contributed by atoms with van der Waals surface area (Å²) in [6.45, 7) is 0.828. The highest BCUT2D eigenvalue weighted by molar-refractivity contribution is 5.80. The molecule has 0 heterocycles. The molecule has 0 aromatic heterocycles. The van der Waals surface area contributed by atoms with Crippen LogP contribution in [0.5, 0.6) is 0 Å². The maximum atomic E-state index is 11.1. The summed E-state index contributed by atoms with van der Waals surface area (Å²) in [5.41, 5.74) is 1.48. The van der Waals surface area contributed by atoms with Gasteiger partial charge < -0.3 is 4.74 Å². The average molecular weight is 222 g/mol. The second kappa shape index (κ2) is 6.07. The lowest BCUT2D eigenvalue weighted by Crippen LogP contribution is -1.98. The highest BCUT2D eigenvalue weighted by Gasteiger charge is 2.21. The van der Waals surface area contributed by atoms with Crippen molar-refractivity contribution in [1.82, 2.24) is 0 Å². The van der Waals surface area contributed by atoms with Crippen molar-refractivity contribution < 1.29 is 9.53 Å². The van der Waals surface area contributed by atoms with Gasteiger partial charge in [-0.1, -0.05) is 0 Å². The molecule has 2 heteroatoms. The van der Waals surface area contributed by atoms with E-state index in [-0.39, 0.29) is 0 Å². The topological polar surface area (TPSA) is 26.3 Å². The Morgan fingerprint density at radius 3 is 2.75 bits per heavy atom. The Hall–Kier alpha value is -0.790. The maximum Gasteiger partial charge on any atom is 0.133 e. The summed E-state index contributed by atoms with van der Waals surface area (Å²) in [6.07, 6.45) is 12.1. The van der Waals surface area contributed by atoms with Crippen molar-refractivity contribution >= 4 is 5.78 Å². The predicted molar refractivity (Wildman–Crippen MR) is 64.1 cm³/mol. The molecular formula is C14H22O2. The van der Waals surface area contributed by atoms with Crippen LogP contribution in [0, 0.1) is 5.92 Å². The summed E-state index contributed by atoms with van der Waals surface area (Å²) < 4.78 is 5.56. The zero-order valence-electron chi connectivity index (χ0n) is 10.0. The molecule has 90 valence electrons. The van der Waals surface area contributed by atoms with E-state index in [0.717, 1.165) is 38.7 Å². The molecule has 2 saturated carbocycles. The minimum atomic E-state index is 0.457. The first-order valence-corrected chi connectivity index (χ1v) is 6.66. The number of hydrogen-bond acceptors (Lipinski definition) is 2. The van der Waals surface area contributed by atoms with Crippen LogP contribution >= 0.6 is 0 Å². The van der Waals surface area contributed by atoms with Gasteiger partial charge in [-0.05, 0) is 56.4 Å². The number of ketones is 1. The standard InChI is InChI=1S/C14H22O2/c15-14-8-7-12(10-14)6-3-9-16-11-13-4-1-2-5-13/h11-12H,1-10H2. The molecule has 0 bridgehead atoms. The summed E-state index contributed by atoms with van der Waals surface area (Å²) in [4.78, 5) is 11.1. The summed E-state index contributed by atoms with van der Waals surface area (Å²) in [5.74, 6) is 1.11. The summed E-state index contributed by atoms with van der Waals surface area (Å²) in [5, 5.41) is 0. The number of rotatable bonds is 5. The molecule has 0 aromatic carbocycles. The molecule has 0 spiro atoms. The van der Waals surface area contributed by atoms with E-state index in [2.05, 4.69) is 0 Å². The van der Waals surface area contributed by atoms with E-state index in [4.69, 9.17) is 4.74 Å². The van der Waals surface area contributed by atoms with Crippen molar-refractivity contribution in [2.24, 2.45) is 5.92 Å². The first kappa shape index (κ1) is 11.7. The molecule has 2 rings (SSSR count). The van der Waals surface area contributed by atoms with Crippen molar-refractivity contribution in [2.45, 2.75) is 57.8 Å². The van der Waals surface area contributed by atoms with Crippen molar-refractivity contribution in [3.8, 4) is 0 Å². The molecule has 0 N–H and O–H groups in total. The lowest BCUT2D eigenvalue weighted by Gasteiger charge is -2.07. The Bertz CT molecular complexity index is 260. The van der Waals surface area contributed by atoms with Crippen LogP contribution < -0.4 is 0 Å². The van der Waals surface area contributed by atoms with E-state index in [1.54, 1.807) is 0 Å². The predicted octanol–water partition coefficient (Wildman–Crippen LogP) is 3.61. The lowest BCUT2D eigenvalue weighted by molar-refractivity contribution is -0.117. The van der Waals surface area contributed by atoms with Crippen LogP contribution in [0.25, 0.3) is 0 Å². The third kappa shape index (κ3) is 3.66. The van der Waals surface area contributed by atoms with Crippen molar-refractivity contribution in [3.05, 3.63) is 11.8 Å². The molecule has 0 aromatic rings. The van der Waals surface area contributed by atoms with Crippen molar-refractivity contribution in [1.29, 1.82) is 0 Å². The quantitative estimate of drug-likeness (QED) is 0.524. The first-order chi connectivity index (χ1) is 7.84. The van der Waals surface area contributed by atoms with Crippen molar-refractivity contribution in [2.75, 3.05) is 6.61 Å². The van der Waals surface area contributed by atoms with E-state index in [1.165, 1.54) is 31.3 Å². The second-order valence-corrected chi connectivity index (χ2v) is 5.14. The van der Waals surface area contributed by atoms with E-state index in [0.29, 0.717) is 11.7 Å². The molecular weight excluding hydrogens is 200 g/mol. The maximum absolute atomic E-state index is 11.1. The summed E-state index contributed by atoms with van der Waals surface area (Å²) >= 11 is 0. The first-order valence-electron chi connectivity index (χ1n) is 6.66. The Morgan fingerprint density at radius 1 is 1.25 bits per heavy atom.